The van der Waals surface area contributed by atoms with Crippen molar-refractivity contribution in [3.63, 3.8) is 0 Å². The molecule has 0 unspecified atom stereocenters. The van der Waals surface area contributed by atoms with Gasteiger partial charge in [-0.3, -0.25) is 14.7 Å². The zero-order chi connectivity index (χ0) is 19.3. The van der Waals surface area contributed by atoms with E-state index in [1.54, 1.807) is 13.3 Å². The summed E-state index contributed by atoms with van der Waals surface area (Å²) in [5, 5.41) is 0. The molecule has 6 nitrogen and oxygen atoms in total. The summed E-state index contributed by atoms with van der Waals surface area (Å²) in [6.07, 6.45) is 3.67. The van der Waals surface area contributed by atoms with Gasteiger partial charge in [0.05, 0.1) is 18.5 Å². The Bertz CT molecular complexity index is 962. The van der Waals surface area contributed by atoms with Gasteiger partial charge in [0.15, 0.2) is 0 Å². The molecule has 1 N–H and O–H groups in total. The SMILES string of the molecule is COc1ccc(CN2CCC(c3nc(-c4ccccn4)cc(=O)[nH]3)CC2)cc1. The van der Waals surface area contributed by atoms with Crippen molar-refractivity contribution in [3.05, 3.63) is 76.5 Å². The lowest BCUT2D eigenvalue weighted by molar-refractivity contribution is 0.201. The van der Waals surface area contributed by atoms with E-state index < -0.39 is 0 Å². The van der Waals surface area contributed by atoms with Gasteiger partial charge < -0.3 is 9.72 Å². The zero-order valence-corrected chi connectivity index (χ0v) is 16.0. The number of hydrogen-bond acceptors (Lipinski definition) is 5. The standard InChI is InChI=1S/C22H24N4O2/c1-28-18-7-5-16(6-8-18)15-26-12-9-17(10-13-26)22-24-20(14-21(27)25-22)19-4-2-3-11-23-19/h2-8,11,14,17H,9-10,12-13,15H2,1H3,(H,24,25,27). The summed E-state index contributed by atoms with van der Waals surface area (Å²) in [4.78, 5) is 26.5. The van der Waals surface area contributed by atoms with Crippen LogP contribution < -0.4 is 10.3 Å². The van der Waals surface area contributed by atoms with E-state index in [1.165, 1.54) is 11.6 Å². The molecule has 1 fully saturated rings. The van der Waals surface area contributed by atoms with Crippen LogP contribution in [0.3, 0.4) is 0 Å². The Morgan fingerprint density at radius 1 is 1.11 bits per heavy atom. The highest BCUT2D eigenvalue weighted by atomic mass is 16.5. The first-order chi connectivity index (χ1) is 13.7. The first-order valence-electron chi connectivity index (χ1n) is 9.59. The summed E-state index contributed by atoms with van der Waals surface area (Å²) in [7, 11) is 1.68. The number of rotatable bonds is 5. The molecule has 0 aliphatic carbocycles. The number of aromatic nitrogens is 3. The minimum absolute atomic E-state index is 0.119. The van der Waals surface area contributed by atoms with Gasteiger partial charge in [-0.25, -0.2) is 4.98 Å². The fraction of sp³-hybridized carbons (Fsp3) is 0.318. The molecule has 0 spiro atoms. The third kappa shape index (κ3) is 4.28. The normalized spacial score (nSPS) is 15.5. The second-order valence-electron chi connectivity index (χ2n) is 7.13. The Hall–Kier alpha value is -2.99. The van der Waals surface area contributed by atoms with Crippen LogP contribution in [0, 0.1) is 0 Å². The molecule has 0 radical (unpaired) electrons. The summed E-state index contributed by atoms with van der Waals surface area (Å²) in [6.45, 7) is 2.89. The van der Waals surface area contributed by atoms with Crippen molar-refractivity contribution in [2.24, 2.45) is 0 Å². The first-order valence-corrected chi connectivity index (χ1v) is 9.59. The lowest BCUT2D eigenvalue weighted by Crippen LogP contribution is -2.33. The van der Waals surface area contributed by atoms with Crippen molar-refractivity contribution in [1.29, 1.82) is 0 Å². The molecule has 4 rings (SSSR count). The quantitative estimate of drug-likeness (QED) is 0.740. The highest BCUT2D eigenvalue weighted by molar-refractivity contribution is 5.52. The van der Waals surface area contributed by atoms with E-state index >= 15 is 0 Å². The van der Waals surface area contributed by atoms with Crippen LogP contribution in [0.15, 0.2) is 59.5 Å². The highest BCUT2D eigenvalue weighted by Crippen LogP contribution is 2.27. The third-order valence-corrected chi connectivity index (χ3v) is 5.23. The zero-order valence-electron chi connectivity index (χ0n) is 16.0. The number of methoxy groups -OCH3 is 1. The Kier molecular flexibility index (Phi) is 5.48. The Labute approximate surface area is 164 Å². The minimum Gasteiger partial charge on any atom is -0.497 e. The number of aromatic amines is 1. The van der Waals surface area contributed by atoms with E-state index in [4.69, 9.17) is 9.72 Å². The maximum Gasteiger partial charge on any atom is 0.251 e. The number of ether oxygens (including phenoxy) is 1. The number of nitrogens with one attached hydrogen (secondary N) is 1. The number of H-pyrrole nitrogens is 1. The van der Waals surface area contributed by atoms with Crippen LogP contribution in [0.5, 0.6) is 5.75 Å². The predicted molar refractivity (Wildman–Crippen MR) is 108 cm³/mol. The number of hydrogen-bond donors (Lipinski definition) is 1. The number of likely N-dealkylation sites (tertiary alicyclic amines) is 1. The van der Waals surface area contributed by atoms with Crippen molar-refractivity contribution in [1.82, 2.24) is 19.9 Å². The molecule has 1 saturated heterocycles. The summed E-state index contributed by atoms with van der Waals surface area (Å²) in [6, 6.07) is 15.4. The van der Waals surface area contributed by atoms with Gasteiger partial charge in [0.1, 0.15) is 11.6 Å². The van der Waals surface area contributed by atoms with Gasteiger partial charge in [0, 0.05) is 24.7 Å². The lowest BCUT2D eigenvalue weighted by Gasteiger charge is -2.31. The molecule has 2 aromatic heterocycles. The second-order valence-corrected chi connectivity index (χ2v) is 7.13. The summed E-state index contributed by atoms with van der Waals surface area (Å²) >= 11 is 0. The van der Waals surface area contributed by atoms with E-state index in [1.807, 2.05) is 30.3 Å². The largest absolute Gasteiger partial charge is 0.497 e. The van der Waals surface area contributed by atoms with Crippen molar-refractivity contribution < 1.29 is 4.74 Å². The smallest absolute Gasteiger partial charge is 0.251 e. The molecule has 1 aromatic carbocycles. The van der Waals surface area contributed by atoms with Crippen LogP contribution in [0.1, 0.15) is 30.1 Å². The van der Waals surface area contributed by atoms with Gasteiger partial charge >= 0.3 is 0 Å². The van der Waals surface area contributed by atoms with Gasteiger partial charge in [0.25, 0.3) is 5.56 Å². The average molecular weight is 376 g/mol. The molecular formula is C22H24N4O2. The van der Waals surface area contributed by atoms with Gasteiger partial charge in [0.2, 0.25) is 0 Å². The average Bonchev–Trinajstić information content (AvgIpc) is 2.75. The molecule has 0 atom stereocenters. The van der Waals surface area contributed by atoms with E-state index in [2.05, 4.69) is 27.0 Å². The van der Waals surface area contributed by atoms with E-state index in [0.29, 0.717) is 5.69 Å². The van der Waals surface area contributed by atoms with Crippen LogP contribution in [0.4, 0.5) is 0 Å². The molecule has 144 valence electrons. The molecule has 6 heteroatoms. The van der Waals surface area contributed by atoms with Crippen LogP contribution in [-0.4, -0.2) is 40.1 Å². The van der Waals surface area contributed by atoms with Crippen LogP contribution in [0.2, 0.25) is 0 Å². The van der Waals surface area contributed by atoms with Crippen molar-refractivity contribution in [2.45, 2.75) is 25.3 Å². The molecule has 3 aromatic rings. The topological polar surface area (TPSA) is 71.1 Å². The number of benzene rings is 1. The minimum atomic E-state index is -0.119. The predicted octanol–water partition coefficient (Wildman–Crippen LogP) is 3.22. The van der Waals surface area contributed by atoms with Gasteiger partial charge in [-0.15, -0.1) is 0 Å². The highest BCUT2D eigenvalue weighted by Gasteiger charge is 2.23. The number of pyridine rings is 1. The van der Waals surface area contributed by atoms with E-state index in [0.717, 1.165) is 49.7 Å². The molecule has 0 bridgehead atoms. The van der Waals surface area contributed by atoms with Gasteiger partial charge in [-0.2, -0.15) is 0 Å². The van der Waals surface area contributed by atoms with Crippen LogP contribution >= 0.6 is 0 Å². The van der Waals surface area contributed by atoms with Gasteiger partial charge in [-0.05, 0) is 55.8 Å². The van der Waals surface area contributed by atoms with Crippen molar-refractivity contribution in [2.75, 3.05) is 20.2 Å². The van der Waals surface area contributed by atoms with Crippen molar-refractivity contribution >= 4 is 0 Å². The summed E-state index contributed by atoms with van der Waals surface area (Å²) in [5.41, 5.74) is 2.53. The lowest BCUT2D eigenvalue weighted by atomic mass is 9.95. The fourth-order valence-corrected chi connectivity index (χ4v) is 3.67. The van der Waals surface area contributed by atoms with Crippen LogP contribution in [-0.2, 0) is 6.54 Å². The molecular weight excluding hydrogens is 352 g/mol. The van der Waals surface area contributed by atoms with Crippen molar-refractivity contribution in [3.8, 4) is 17.1 Å². The molecule has 1 aliphatic heterocycles. The maximum absolute atomic E-state index is 12.1. The summed E-state index contributed by atoms with van der Waals surface area (Å²) < 4.78 is 5.22. The van der Waals surface area contributed by atoms with E-state index in [-0.39, 0.29) is 11.5 Å². The molecule has 0 amide bonds. The number of nitrogens with zero attached hydrogens (tertiary/aromatic N) is 3. The third-order valence-electron chi connectivity index (χ3n) is 5.23. The molecule has 1 aliphatic rings. The number of piperidine rings is 1. The second kappa shape index (κ2) is 8.35. The molecule has 28 heavy (non-hydrogen) atoms. The Morgan fingerprint density at radius 3 is 2.57 bits per heavy atom. The summed E-state index contributed by atoms with van der Waals surface area (Å²) in [5.74, 6) is 1.92. The fourth-order valence-electron chi connectivity index (χ4n) is 3.67. The first kappa shape index (κ1) is 18.4. The van der Waals surface area contributed by atoms with Gasteiger partial charge in [-0.1, -0.05) is 18.2 Å². The maximum atomic E-state index is 12.1. The monoisotopic (exact) mass is 376 g/mol. The Morgan fingerprint density at radius 2 is 1.89 bits per heavy atom. The van der Waals surface area contributed by atoms with Crippen LogP contribution in [0.25, 0.3) is 11.4 Å². The van der Waals surface area contributed by atoms with E-state index in [9.17, 15) is 4.79 Å². The molecule has 3 heterocycles. The molecule has 0 saturated carbocycles. The Balaban J connectivity index is 1.42.